The summed E-state index contributed by atoms with van der Waals surface area (Å²) >= 11 is 3.44. The lowest BCUT2D eigenvalue weighted by Crippen LogP contribution is -2.53. The van der Waals surface area contributed by atoms with Crippen LogP contribution in [0.4, 0.5) is 0 Å². The van der Waals surface area contributed by atoms with Crippen molar-refractivity contribution in [1.82, 2.24) is 0 Å². The number of hydrogen-bond donors (Lipinski definition) is 1. The summed E-state index contributed by atoms with van der Waals surface area (Å²) in [7, 11) is 0. The number of carbonyl (C=O) groups is 1. The quantitative estimate of drug-likeness (QED) is 0.876. The van der Waals surface area contributed by atoms with Crippen molar-refractivity contribution in [2.45, 2.75) is 38.7 Å². The molecule has 2 aliphatic rings. The van der Waals surface area contributed by atoms with Gasteiger partial charge in [-0.3, -0.25) is 4.79 Å². The molecule has 0 amide bonds. The summed E-state index contributed by atoms with van der Waals surface area (Å²) < 4.78 is 0.990. The molecule has 0 radical (unpaired) electrons. The first-order chi connectivity index (χ1) is 10.3. The Kier molecular flexibility index (Phi) is 3.81. The van der Waals surface area contributed by atoms with Crippen molar-refractivity contribution < 1.29 is 9.90 Å². The first-order valence-electron chi connectivity index (χ1n) is 7.40. The zero-order valence-corrected chi connectivity index (χ0v) is 14.5. The molecule has 5 heteroatoms. The van der Waals surface area contributed by atoms with Gasteiger partial charge in [-0.1, -0.05) is 28.1 Å². The average molecular weight is 363 g/mol. The van der Waals surface area contributed by atoms with Gasteiger partial charge in [0.05, 0.1) is 17.2 Å². The fraction of sp³-hybridized carbons (Fsp3) is 0.471. The third-order valence-electron chi connectivity index (χ3n) is 4.77. The number of aliphatic hydroxyl groups is 1. The van der Waals surface area contributed by atoms with Crippen LogP contribution in [0.3, 0.4) is 0 Å². The van der Waals surface area contributed by atoms with Gasteiger partial charge in [-0.25, -0.2) is 0 Å². The molecule has 1 aliphatic heterocycles. The normalized spacial score (nSPS) is 34.0. The van der Waals surface area contributed by atoms with E-state index in [4.69, 9.17) is 0 Å². The Balaban J connectivity index is 2.14. The summed E-state index contributed by atoms with van der Waals surface area (Å²) in [4.78, 5) is 12.3. The SMILES string of the molecule is CC(=O)[C@@H]1[C@H](c2ccc(Br)cc2)[C@H]2C(C)=NN=C2C[C@@]1(C)O. The van der Waals surface area contributed by atoms with E-state index < -0.39 is 11.5 Å². The molecule has 1 saturated carbocycles. The molecule has 4 nitrogen and oxygen atoms in total. The Morgan fingerprint density at radius 3 is 2.55 bits per heavy atom. The number of fused-ring (bicyclic) bond motifs is 1. The second kappa shape index (κ2) is 5.39. The van der Waals surface area contributed by atoms with E-state index in [-0.39, 0.29) is 17.6 Å². The van der Waals surface area contributed by atoms with Crippen molar-refractivity contribution in [2.75, 3.05) is 0 Å². The van der Waals surface area contributed by atoms with Gasteiger partial charge in [0.2, 0.25) is 0 Å². The topological polar surface area (TPSA) is 62.0 Å². The van der Waals surface area contributed by atoms with Crippen molar-refractivity contribution in [3.8, 4) is 0 Å². The van der Waals surface area contributed by atoms with Crippen LogP contribution in [0.1, 0.15) is 38.7 Å². The summed E-state index contributed by atoms with van der Waals surface area (Å²) in [5.41, 5.74) is 1.74. The van der Waals surface area contributed by atoms with Gasteiger partial charge in [0.15, 0.2) is 0 Å². The number of hydrogen-bond acceptors (Lipinski definition) is 4. The van der Waals surface area contributed by atoms with Gasteiger partial charge in [-0.2, -0.15) is 10.2 Å². The Labute approximate surface area is 138 Å². The van der Waals surface area contributed by atoms with E-state index in [2.05, 4.69) is 26.1 Å². The molecule has 0 saturated heterocycles. The van der Waals surface area contributed by atoms with Crippen LogP contribution in [0.5, 0.6) is 0 Å². The summed E-state index contributed by atoms with van der Waals surface area (Å²) in [5.74, 6) is -0.563. The second-order valence-electron chi connectivity index (χ2n) is 6.51. The smallest absolute Gasteiger partial charge is 0.136 e. The molecule has 1 aliphatic carbocycles. The molecule has 0 spiro atoms. The van der Waals surface area contributed by atoms with E-state index in [9.17, 15) is 9.90 Å². The molecule has 1 N–H and O–H groups in total. The lowest BCUT2D eigenvalue weighted by Gasteiger charge is -2.45. The van der Waals surface area contributed by atoms with E-state index in [0.29, 0.717) is 6.42 Å². The molecule has 0 bridgehead atoms. The maximum atomic E-state index is 12.3. The molecule has 1 aromatic carbocycles. The minimum atomic E-state index is -1.10. The van der Waals surface area contributed by atoms with Crippen molar-refractivity contribution >= 4 is 33.1 Å². The maximum Gasteiger partial charge on any atom is 0.136 e. The van der Waals surface area contributed by atoms with E-state index in [0.717, 1.165) is 21.5 Å². The van der Waals surface area contributed by atoms with Gasteiger partial charge in [-0.15, -0.1) is 0 Å². The Hall–Kier alpha value is -1.33. The van der Waals surface area contributed by atoms with E-state index >= 15 is 0 Å². The lowest BCUT2D eigenvalue weighted by molar-refractivity contribution is -0.131. The average Bonchev–Trinajstić information content (AvgIpc) is 2.77. The summed E-state index contributed by atoms with van der Waals surface area (Å²) in [6, 6.07) is 7.95. The van der Waals surface area contributed by atoms with Crippen LogP contribution in [0.25, 0.3) is 0 Å². The van der Waals surface area contributed by atoms with Gasteiger partial charge >= 0.3 is 0 Å². The first-order valence-corrected chi connectivity index (χ1v) is 8.20. The molecule has 3 rings (SSSR count). The van der Waals surface area contributed by atoms with E-state index in [1.807, 2.05) is 31.2 Å². The summed E-state index contributed by atoms with van der Waals surface area (Å²) in [5, 5.41) is 19.3. The van der Waals surface area contributed by atoms with Crippen LogP contribution in [-0.2, 0) is 4.79 Å². The van der Waals surface area contributed by atoms with Gasteiger partial charge in [0, 0.05) is 28.4 Å². The van der Waals surface area contributed by atoms with Gasteiger partial charge in [0.1, 0.15) is 5.78 Å². The number of halogens is 1. The molecular formula is C17H19BrN2O2. The molecule has 1 heterocycles. The number of carbonyl (C=O) groups excluding carboxylic acids is 1. The Morgan fingerprint density at radius 2 is 1.95 bits per heavy atom. The monoisotopic (exact) mass is 362 g/mol. The predicted octanol–water partition coefficient (Wildman–Crippen LogP) is 3.34. The lowest BCUT2D eigenvalue weighted by atomic mass is 9.59. The predicted molar refractivity (Wildman–Crippen MR) is 90.3 cm³/mol. The first kappa shape index (κ1) is 15.6. The Bertz CT molecular complexity index is 676. The number of rotatable bonds is 2. The third-order valence-corrected chi connectivity index (χ3v) is 5.29. The minimum absolute atomic E-state index is 0.00954. The molecule has 116 valence electrons. The van der Waals surface area contributed by atoms with Crippen molar-refractivity contribution in [1.29, 1.82) is 0 Å². The zero-order valence-electron chi connectivity index (χ0n) is 12.9. The number of nitrogens with zero attached hydrogens (tertiary/aromatic N) is 2. The van der Waals surface area contributed by atoms with Crippen LogP contribution in [0, 0.1) is 11.8 Å². The Morgan fingerprint density at radius 1 is 1.32 bits per heavy atom. The molecule has 4 atom stereocenters. The number of ketones is 1. The number of Topliss-reactive ketones (excluding diaryl/α,β-unsaturated/α-hetero) is 1. The van der Waals surface area contributed by atoms with Crippen molar-refractivity contribution in [3.05, 3.63) is 34.3 Å². The maximum absolute atomic E-state index is 12.3. The molecule has 0 unspecified atom stereocenters. The van der Waals surface area contributed by atoms with Crippen LogP contribution in [-0.4, -0.2) is 27.9 Å². The molecular weight excluding hydrogens is 344 g/mol. The van der Waals surface area contributed by atoms with E-state index in [1.54, 1.807) is 13.8 Å². The third kappa shape index (κ3) is 2.46. The van der Waals surface area contributed by atoms with Crippen LogP contribution >= 0.6 is 15.9 Å². The van der Waals surface area contributed by atoms with Crippen LogP contribution in [0.15, 0.2) is 38.9 Å². The fourth-order valence-corrected chi connectivity index (χ4v) is 4.20. The highest BCUT2D eigenvalue weighted by Gasteiger charge is 2.53. The van der Waals surface area contributed by atoms with Crippen molar-refractivity contribution in [2.24, 2.45) is 22.0 Å². The molecule has 1 fully saturated rings. The van der Waals surface area contributed by atoms with E-state index in [1.165, 1.54) is 0 Å². The van der Waals surface area contributed by atoms with Gasteiger partial charge in [0.25, 0.3) is 0 Å². The number of benzene rings is 1. The van der Waals surface area contributed by atoms with Crippen LogP contribution in [0.2, 0.25) is 0 Å². The highest BCUT2D eigenvalue weighted by Crippen LogP contribution is 2.48. The summed E-state index contributed by atoms with van der Waals surface area (Å²) in [6.07, 6.45) is 0.399. The van der Waals surface area contributed by atoms with Crippen LogP contribution < -0.4 is 0 Å². The second-order valence-corrected chi connectivity index (χ2v) is 7.43. The highest BCUT2D eigenvalue weighted by atomic mass is 79.9. The summed E-state index contributed by atoms with van der Waals surface area (Å²) in [6.45, 7) is 5.25. The fourth-order valence-electron chi connectivity index (χ4n) is 3.94. The zero-order chi connectivity index (χ0) is 16.1. The molecule has 1 aromatic rings. The molecule has 0 aromatic heterocycles. The minimum Gasteiger partial charge on any atom is -0.389 e. The highest BCUT2D eigenvalue weighted by molar-refractivity contribution is 9.10. The van der Waals surface area contributed by atoms with Crippen molar-refractivity contribution in [3.63, 3.8) is 0 Å². The largest absolute Gasteiger partial charge is 0.389 e. The standard InChI is InChI=1S/C17H19BrN2O2/c1-9-14-13(20-19-9)8-17(3,22)16(10(2)21)15(14)11-4-6-12(18)7-5-11/h4-7,14-16,22H,8H2,1-3H3/t14-,15+,16+,17+/m0/s1. The van der Waals surface area contributed by atoms with Gasteiger partial charge < -0.3 is 5.11 Å². The van der Waals surface area contributed by atoms with Gasteiger partial charge in [-0.05, 0) is 38.5 Å². The molecule has 22 heavy (non-hydrogen) atoms.